The van der Waals surface area contributed by atoms with Gasteiger partial charge in [-0.2, -0.15) is 0 Å². The van der Waals surface area contributed by atoms with E-state index in [1.54, 1.807) is 18.2 Å². The van der Waals surface area contributed by atoms with Crippen molar-refractivity contribution in [3.63, 3.8) is 0 Å². The van der Waals surface area contributed by atoms with Crippen LogP contribution < -0.4 is 10.1 Å². The van der Waals surface area contributed by atoms with Crippen molar-refractivity contribution in [3.8, 4) is 5.75 Å². The third-order valence-corrected chi connectivity index (χ3v) is 3.48. The number of nitrogens with one attached hydrogen (secondary N) is 1. The first kappa shape index (κ1) is 18.9. The van der Waals surface area contributed by atoms with Crippen LogP contribution >= 0.6 is 0 Å². The van der Waals surface area contributed by atoms with Crippen molar-refractivity contribution in [2.24, 2.45) is 0 Å². The number of ether oxygens (including phenoxy) is 2. The van der Waals surface area contributed by atoms with Crippen molar-refractivity contribution in [2.75, 3.05) is 11.9 Å². The van der Waals surface area contributed by atoms with Crippen LogP contribution in [0.4, 0.5) is 11.4 Å². The summed E-state index contributed by atoms with van der Waals surface area (Å²) in [6.45, 7) is 2.85. The van der Waals surface area contributed by atoms with Gasteiger partial charge in [0, 0.05) is 6.07 Å². The molecule has 8 heteroatoms. The Kier molecular flexibility index (Phi) is 6.26. The van der Waals surface area contributed by atoms with Crippen LogP contribution in [-0.4, -0.2) is 29.5 Å². The number of amides is 1. The normalized spacial score (nSPS) is 11.3. The Hall–Kier alpha value is -3.42. The molecule has 2 aromatic rings. The minimum Gasteiger partial charge on any atom is -0.482 e. The highest BCUT2D eigenvalue weighted by Crippen LogP contribution is 2.23. The fourth-order valence-corrected chi connectivity index (χ4v) is 2.11. The first-order chi connectivity index (χ1) is 12.4. The van der Waals surface area contributed by atoms with Crippen LogP contribution in [0.2, 0.25) is 0 Å². The number of benzene rings is 2. The molecule has 0 bridgehead atoms. The first-order valence-electron chi connectivity index (χ1n) is 7.80. The number of nitro benzene ring substituents is 1. The van der Waals surface area contributed by atoms with Gasteiger partial charge < -0.3 is 14.8 Å². The molecule has 0 saturated heterocycles. The molecule has 0 fully saturated rings. The van der Waals surface area contributed by atoms with E-state index in [-0.39, 0.29) is 18.0 Å². The Morgan fingerprint density at radius 2 is 1.81 bits per heavy atom. The Bertz CT molecular complexity index is 821. The van der Waals surface area contributed by atoms with E-state index < -0.39 is 22.9 Å². The van der Waals surface area contributed by atoms with Crippen LogP contribution in [0.15, 0.2) is 48.5 Å². The highest BCUT2D eigenvalue weighted by Gasteiger charge is 2.21. The molecule has 0 heterocycles. The summed E-state index contributed by atoms with van der Waals surface area (Å²) in [7, 11) is 0. The van der Waals surface area contributed by atoms with Crippen molar-refractivity contribution in [3.05, 3.63) is 64.2 Å². The van der Waals surface area contributed by atoms with Gasteiger partial charge in [0.2, 0.25) is 0 Å². The smallest absolute Gasteiger partial charge is 0.344 e. The van der Waals surface area contributed by atoms with Gasteiger partial charge >= 0.3 is 5.97 Å². The number of carbonyl (C=O) groups is 2. The number of para-hydroxylation sites is 3. The van der Waals surface area contributed by atoms with Gasteiger partial charge in [-0.05, 0) is 31.5 Å². The molecule has 8 nitrogen and oxygen atoms in total. The number of nitrogens with zero attached hydrogens (tertiary/aromatic N) is 1. The van der Waals surface area contributed by atoms with E-state index in [0.29, 0.717) is 5.75 Å². The standard InChI is InChI=1S/C18H18N2O6/c1-12-7-3-6-10-16(12)25-11-17(21)26-13(2)18(22)19-14-8-4-5-9-15(14)20(23)24/h3-10,13H,11H2,1-2H3,(H,19,22)/t13-/m1/s1. The van der Waals surface area contributed by atoms with Crippen LogP contribution in [0.1, 0.15) is 12.5 Å². The molecule has 0 unspecified atom stereocenters. The van der Waals surface area contributed by atoms with Crippen LogP contribution in [0.3, 0.4) is 0 Å². The minimum absolute atomic E-state index is 0.0292. The lowest BCUT2D eigenvalue weighted by atomic mass is 10.2. The van der Waals surface area contributed by atoms with E-state index in [1.807, 2.05) is 19.1 Å². The second kappa shape index (κ2) is 8.61. The van der Waals surface area contributed by atoms with Crippen molar-refractivity contribution in [2.45, 2.75) is 20.0 Å². The Morgan fingerprint density at radius 1 is 1.15 bits per heavy atom. The monoisotopic (exact) mass is 358 g/mol. The number of anilines is 1. The number of aryl methyl sites for hydroxylation is 1. The molecule has 2 aromatic carbocycles. The quantitative estimate of drug-likeness (QED) is 0.463. The molecule has 1 N–H and O–H groups in total. The lowest BCUT2D eigenvalue weighted by Crippen LogP contribution is -2.31. The average Bonchev–Trinajstić information content (AvgIpc) is 2.61. The topological polar surface area (TPSA) is 108 Å². The van der Waals surface area contributed by atoms with Gasteiger partial charge in [-0.3, -0.25) is 14.9 Å². The molecule has 136 valence electrons. The van der Waals surface area contributed by atoms with E-state index in [1.165, 1.54) is 25.1 Å². The zero-order chi connectivity index (χ0) is 19.1. The minimum atomic E-state index is -1.14. The summed E-state index contributed by atoms with van der Waals surface area (Å²) in [5, 5.41) is 13.3. The van der Waals surface area contributed by atoms with Gasteiger partial charge in [0.25, 0.3) is 11.6 Å². The molecule has 0 spiro atoms. The van der Waals surface area contributed by atoms with Gasteiger partial charge in [0.1, 0.15) is 11.4 Å². The maximum Gasteiger partial charge on any atom is 0.344 e. The SMILES string of the molecule is Cc1ccccc1OCC(=O)O[C@H](C)C(=O)Nc1ccccc1[N+](=O)[O-]. The summed E-state index contributed by atoms with van der Waals surface area (Å²) in [5.74, 6) is -0.858. The summed E-state index contributed by atoms with van der Waals surface area (Å²) in [4.78, 5) is 34.3. The number of hydrogen-bond acceptors (Lipinski definition) is 6. The Balaban J connectivity index is 1.90. The maximum atomic E-state index is 12.1. The number of nitro groups is 1. The second-order valence-electron chi connectivity index (χ2n) is 5.45. The lowest BCUT2D eigenvalue weighted by Gasteiger charge is -2.14. The van der Waals surface area contributed by atoms with Crippen molar-refractivity contribution in [1.82, 2.24) is 0 Å². The highest BCUT2D eigenvalue weighted by atomic mass is 16.6. The molecule has 1 amide bonds. The molecular formula is C18H18N2O6. The zero-order valence-electron chi connectivity index (χ0n) is 14.3. The van der Waals surface area contributed by atoms with Gasteiger partial charge in [-0.25, -0.2) is 4.79 Å². The molecule has 26 heavy (non-hydrogen) atoms. The fraction of sp³-hybridized carbons (Fsp3) is 0.222. The van der Waals surface area contributed by atoms with Crippen LogP contribution in [0.25, 0.3) is 0 Å². The molecule has 0 radical (unpaired) electrons. The third-order valence-electron chi connectivity index (χ3n) is 3.48. The van der Waals surface area contributed by atoms with Gasteiger partial charge in [-0.15, -0.1) is 0 Å². The lowest BCUT2D eigenvalue weighted by molar-refractivity contribution is -0.383. The van der Waals surface area contributed by atoms with Crippen LogP contribution in [-0.2, 0) is 14.3 Å². The van der Waals surface area contributed by atoms with Crippen molar-refractivity contribution < 1.29 is 24.0 Å². The molecular weight excluding hydrogens is 340 g/mol. The van der Waals surface area contributed by atoms with Gasteiger partial charge in [0.15, 0.2) is 12.7 Å². The van der Waals surface area contributed by atoms with Crippen molar-refractivity contribution in [1.29, 1.82) is 0 Å². The van der Waals surface area contributed by atoms with E-state index in [2.05, 4.69) is 5.32 Å². The number of hydrogen-bond donors (Lipinski definition) is 1. The van der Waals surface area contributed by atoms with Gasteiger partial charge in [-0.1, -0.05) is 30.3 Å². The molecule has 0 aliphatic rings. The summed E-state index contributed by atoms with van der Waals surface area (Å²) in [5.41, 5.74) is 0.645. The summed E-state index contributed by atoms with van der Waals surface area (Å²) in [6.07, 6.45) is -1.14. The molecule has 1 atom stereocenters. The second-order valence-corrected chi connectivity index (χ2v) is 5.45. The third kappa shape index (κ3) is 5.04. The van der Waals surface area contributed by atoms with E-state index in [4.69, 9.17) is 9.47 Å². The summed E-state index contributed by atoms with van der Waals surface area (Å²) >= 11 is 0. The zero-order valence-corrected chi connectivity index (χ0v) is 14.3. The molecule has 2 rings (SSSR count). The fourth-order valence-electron chi connectivity index (χ4n) is 2.11. The van der Waals surface area contributed by atoms with E-state index in [0.717, 1.165) is 5.56 Å². The van der Waals surface area contributed by atoms with Gasteiger partial charge in [0.05, 0.1) is 4.92 Å². The van der Waals surface area contributed by atoms with Crippen LogP contribution in [0.5, 0.6) is 5.75 Å². The van der Waals surface area contributed by atoms with E-state index >= 15 is 0 Å². The largest absolute Gasteiger partial charge is 0.482 e. The molecule has 0 aromatic heterocycles. The number of carbonyl (C=O) groups excluding carboxylic acids is 2. The van der Waals surface area contributed by atoms with E-state index in [9.17, 15) is 19.7 Å². The average molecular weight is 358 g/mol. The molecule has 0 aliphatic heterocycles. The Labute approximate surface area is 149 Å². The molecule has 0 saturated carbocycles. The highest BCUT2D eigenvalue weighted by molar-refractivity contribution is 5.96. The summed E-state index contributed by atoms with van der Waals surface area (Å²) in [6, 6.07) is 12.9. The Morgan fingerprint density at radius 3 is 2.50 bits per heavy atom. The number of esters is 1. The predicted octanol–water partition coefficient (Wildman–Crippen LogP) is 2.85. The summed E-state index contributed by atoms with van der Waals surface area (Å²) < 4.78 is 10.4. The van der Waals surface area contributed by atoms with Crippen molar-refractivity contribution >= 4 is 23.3 Å². The first-order valence-corrected chi connectivity index (χ1v) is 7.80. The molecule has 0 aliphatic carbocycles. The van der Waals surface area contributed by atoms with Crippen LogP contribution in [0, 0.1) is 17.0 Å². The maximum absolute atomic E-state index is 12.1. The predicted molar refractivity (Wildman–Crippen MR) is 94.0 cm³/mol. The number of rotatable bonds is 7.